The summed E-state index contributed by atoms with van der Waals surface area (Å²) in [7, 11) is 0. The van der Waals surface area contributed by atoms with Gasteiger partial charge in [0.1, 0.15) is 34.5 Å². The number of benzene rings is 4. The van der Waals surface area contributed by atoms with Gasteiger partial charge < -0.3 is 35.7 Å². The van der Waals surface area contributed by atoms with Gasteiger partial charge in [0.25, 0.3) is 0 Å². The van der Waals surface area contributed by atoms with Gasteiger partial charge in [0.2, 0.25) is 0 Å². The van der Waals surface area contributed by atoms with Gasteiger partial charge in [-0.25, -0.2) is 0 Å². The van der Waals surface area contributed by atoms with Crippen LogP contribution in [0.25, 0.3) is 0 Å². The van der Waals surface area contributed by atoms with Crippen LogP contribution in [0.2, 0.25) is 0 Å². The maximum absolute atomic E-state index is 11.6. The molecule has 0 spiro atoms. The van der Waals surface area contributed by atoms with Gasteiger partial charge in [-0.2, -0.15) is 0 Å². The third kappa shape index (κ3) is 3.96. The molecule has 0 aliphatic heterocycles. The van der Waals surface area contributed by atoms with E-state index in [4.69, 9.17) is 0 Å². The Balaban J connectivity index is 1.78. The van der Waals surface area contributed by atoms with Crippen LogP contribution in [-0.2, 0) is 0 Å². The number of hydrogen-bond donors (Lipinski definition) is 7. The molecule has 5 rings (SSSR count). The van der Waals surface area contributed by atoms with E-state index in [1.165, 1.54) is 54.6 Å². The van der Waals surface area contributed by atoms with Crippen LogP contribution in [0.3, 0.4) is 0 Å². The van der Waals surface area contributed by atoms with Gasteiger partial charge in [-0.3, -0.25) is 0 Å². The van der Waals surface area contributed by atoms with Crippen molar-refractivity contribution in [1.29, 1.82) is 0 Å². The summed E-state index contributed by atoms with van der Waals surface area (Å²) in [5.74, 6) is -2.39. The van der Waals surface area contributed by atoms with Crippen LogP contribution >= 0.6 is 0 Å². The maximum atomic E-state index is 11.6. The molecule has 0 unspecified atom stereocenters. The number of phenols is 6. The summed E-state index contributed by atoms with van der Waals surface area (Å²) < 4.78 is 0. The molecule has 7 nitrogen and oxygen atoms in total. The number of aliphatic hydroxyl groups excluding tert-OH is 1. The topological polar surface area (TPSA) is 142 Å². The summed E-state index contributed by atoms with van der Waals surface area (Å²) in [6.45, 7) is 0. The molecule has 4 atom stereocenters. The minimum atomic E-state index is -1.11. The van der Waals surface area contributed by atoms with Crippen molar-refractivity contribution < 1.29 is 35.7 Å². The lowest BCUT2D eigenvalue weighted by molar-refractivity contribution is 0.134. The molecule has 0 heterocycles. The lowest BCUT2D eigenvalue weighted by Crippen LogP contribution is -2.18. The molecule has 0 saturated carbocycles. The van der Waals surface area contributed by atoms with Gasteiger partial charge in [-0.15, -0.1) is 0 Å². The molecule has 178 valence electrons. The van der Waals surface area contributed by atoms with Crippen LogP contribution < -0.4 is 0 Å². The fraction of sp³-hybridized carbons (Fsp3) is 0.143. The molecule has 7 heteroatoms. The van der Waals surface area contributed by atoms with Crippen LogP contribution in [0.1, 0.15) is 51.7 Å². The summed E-state index contributed by atoms with van der Waals surface area (Å²) in [5.41, 5.74) is 2.71. The Morgan fingerprint density at radius 3 is 1.69 bits per heavy atom. The molecule has 0 amide bonds. The van der Waals surface area contributed by atoms with Crippen molar-refractivity contribution in [1.82, 2.24) is 0 Å². The van der Waals surface area contributed by atoms with E-state index in [2.05, 4.69) is 0 Å². The van der Waals surface area contributed by atoms with Gasteiger partial charge in [0.15, 0.2) is 0 Å². The molecule has 35 heavy (non-hydrogen) atoms. The third-order valence-corrected chi connectivity index (χ3v) is 6.73. The summed E-state index contributed by atoms with van der Waals surface area (Å²) in [6, 6.07) is 19.5. The molecule has 0 saturated heterocycles. The quantitative estimate of drug-likeness (QED) is 0.229. The van der Waals surface area contributed by atoms with Crippen molar-refractivity contribution in [2.45, 2.75) is 23.9 Å². The van der Waals surface area contributed by atoms with Gasteiger partial charge in [0, 0.05) is 35.4 Å². The molecule has 0 aromatic heterocycles. The van der Waals surface area contributed by atoms with Crippen LogP contribution in [0.15, 0.2) is 78.9 Å². The summed E-state index contributed by atoms with van der Waals surface area (Å²) in [4.78, 5) is 0. The molecular weight excluding hydrogens is 448 g/mol. The first-order valence-electron chi connectivity index (χ1n) is 11.1. The molecule has 1 aliphatic carbocycles. The first kappa shape index (κ1) is 22.4. The fourth-order valence-electron chi connectivity index (χ4n) is 5.35. The van der Waals surface area contributed by atoms with Crippen molar-refractivity contribution in [3.05, 3.63) is 107 Å². The summed E-state index contributed by atoms with van der Waals surface area (Å²) in [5, 5.41) is 72.9. The number of phenolic OH excluding ortho intramolecular Hbond substituents is 6. The zero-order valence-corrected chi connectivity index (χ0v) is 18.4. The Labute approximate surface area is 201 Å². The lowest BCUT2D eigenvalue weighted by Gasteiger charge is -2.30. The minimum absolute atomic E-state index is 0.0475. The van der Waals surface area contributed by atoms with E-state index in [0.29, 0.717) is 22.3 Å². The molecule has 0 radical (unpaired) electrons. The van der Waals surface area contributed by atoms with Crippen LogP contribution in [0, 0.1) is 0 Å². The Morgan fingerprint density at radius 2 is 1.09 bits per heavy atom. The van der Waals surface area contributed by atoms with E-state index in [0.717, 1.165) is 5.56 Å². The van der Waals surface area contributed by atoms with Gasteiger partial charge in [0.05, 0.1) is 6.10 Å². The highest BCUT2D eigenvalue weighted by Crippen LogP contribution is 2.61. The van der Waals surface area contributed by atoms with E-state index >= 15 is 0 Å². The standard InChI is InChI=1S/C28H24O7/c29-17-5-1-14(2-6-17)24-25(16-9-19(31)11-20(32)10-16)26-22(12-21(33)13-23(26)34)27(24)28(35)15-3-7-18(30)8-4-15/h1-13,24-25,27-35H/t24-,25-,27-,28+/m0/s1. The Hall–Kier alpha value is -4.36. The number of hydrogen-bond acceptors (Lipinski definition) is 7. The van der Waals surface area contributed by atoms with Gasteiger partial charge >= 0.3 is 0 Å². The van der Waals surface area contributed by atoms with Crippen molar-refractivity contribution >= 4 is 0 Å². The Bertz CT molecular complexity index is 1360. The first-order chi connectivity index (χ1) is 16.7. The Kier molecular flexibility index (Phi) is 5.42. The van der Waals surface area contributed by atoms with E-state index in [1.807, 2.05) is 0 Å². The molecular formula is C28H24O7. The monoisotopic (exact) mass is 472 g/mol. The SMILES string of the molecule is Oc1ccc([C@H]2[C@H](c3cc(O)cc(O)c3)c3c(O)cc(O)cc3[C@@H]2[C@H](O)c2ccc(O)cc2)cc1. The molecule has 0 fully saturated rings. The van der Waals surface area contributed by atoms with Crippen LogP contribution in [0.5, 0.6) is 34.5 Å². The zero-order chi connectivity index (χ0) is 24.9. The van der Waals surface area contributed by atoms with Gasteiger partial charge in [-0.1, -0.05) is 24.3 Å². The average molecular weight is 472 g/mol. The second-order valence-electron chi connectivity index (χ2n) is 8.91. The maximum Gasteiger partial charge on any atom is 0.123 e. The predicted octanol–water partition coefficient (Wildman–Crippen LogP) is 4.67. The smallest absolute Gasteiger partial charge is 0.123 e. The van der Waals surface area contributed by atoms with Crippen molar-refractivity contribution in [2.75, 3.05) is 0 Å². The second kappa shape index (κ2) is 8.45. The average Bonchev–Trinajstić information content (AvgIpc) is 3.14. The van der Waals surface area contributed by atoms with E-state index in [1.54, 1.807) is 24.3 Å². The molecule has 7 N–H and O–H groups in total. The first-order valence-corrected chi connectivity index (χ1v) is 11.1. The second-order valence-corrected chi connectivity index (χ2v) is 8.91. The molecule has 4 aromatic carbocycles. The van der Waals surface area contributed by atoms with Crippen molar-refractivity contribution in [3.63, 3.8) is 0 Å². The summed E-state index contributed by atoms with van der Waals surface area (Å²) in [6.07, 6.45) is -1.11. The summed E-state index contributed by atoms with van der Waals surface area (Å²) >= 11 is 0. The number of rotatable bonds is 4. The zero-order valence-electron chi connectivity index (χ0n) is 18.4. The molecule has 4 aromatic rings. The minimum Gasteiger partial charge on any atom is -0.508 e. The van der Waals surface area contributed by atoms with E-state index < -0.39 is 23.9 Å². The third-order valence-electron chi connectivity index (χ3n) is 6.73. The van der Waals surface area contributed by atoms with Crippen LogP contribution in [-0.4, -0.2) is 35.7 Å². The Morgan fingerprint density at radius 1 is 0.543 bits per heavy atom. The van der Waals surface area contributed by atoms with Gasteiger partial charge in [-0.05, 0) is 64.7 Å². The van der Waals surface area contributed by atoms with E-state index in [9.17, 15) is 35.7 Å². The normalized spacial score (nSPS) is 19.9. The number of aromatic hydroxyl groups is 6. The fourth-order valence-corrected chi connectivity index (χ4v) is 5.35. The molecule has 0 bridgehead atoms. The lowest BCUT2D eigenvalue weighted by atomic mass is 9.75. The van der Waals surface area contributed by atoms with Crippen molar-refractivity contribution in [2.24, 2.45) is 0 Å². The largest absolute Gasteiger partial charge is 0.508 e. The van der Waals surface area contributed by atoms with E-state index in [-0.39, 0.29) is 34.5 Å². The number of fused-ring (bicyclic) bond motifs is 1. The van der Waals surface area contributed by atoms with Crippen LogP contribution in [0.4, 0.5) is 0 Å². The number of aliphatic hydroxyl groups is 1. The highest BCUT2D eigenvalue weighted by Gasteiger charge is 2.47. The highest BCUT2D eigenvalue weighted by atomic mass is 16.3. The predicted molar refractivity (Wildman–Crippen MR) is 128 cm³/mol. The molecule has 1 aliphatic rings. The highest BCUT2D eigenvalue weighted by molar-refractivity contribution is 5.61. The van der Waals surface area contributed by atoms with Crippen molar-refractivity contribution in [3.8, 4) is 34.5 Å².